The zero-order chi connectivity index (χ0) is 12.8. The second kappa shape index (κ2) is 6.95. The molecule has 1 aromatic rings. The fourth-order valence-electron chi connectivity index (χ4n) is 2.34. The van der Waals surface area contributed by atoms with E-state index in [0.29, 0.717) is 18.0 Å². The van der Waals surface area contributed by atoms with Crippen molar-refractivity contribution in [2.24, 2.45) is 0 Å². The van der Waals surface area contributed by atoms with Gasteiger partial charge in [0, 0.05) is 12.2 Å². The molecule has 1 aliphatic rings. The molecule has 18 heavy (non-hydrogen) atoms. The van der Waals surface area contributed by atoms with Crippen LogP contribution in [0.4, 0.5) is 0 Å². The molecule has 1 fully saturated rings. The lowest BCUT2D eigenvalue weighted by Gasteiger charge is -2.27. The van der Waals surface area contributed by atoms with Crippen LogP contribution in [0, 0.1) is 0 Å². The van der Waals surface area contributed by atoms with Gasteiger partial charge in [-0.2, -0.15) is 0 Å². The second-order valence-corrected chi connectivity index (χ2v) is 6.28. The van der Waals surface area contributed by atoms with E-state index < -0.39 is 0 Å². The minimum Gasteiger partial charge on any atom is -0.374 e. The van der Waals surface area contributed by atoms with Crippen LogP contribution in [0.25, 0.3) is 0 Å². The number of carbonyl (C=O) groups excluding carboxylic acids is 1. The minimum absolute atomic E-state index is 0.239. The van der Waals surface area contributed by atoms with Crippen LogP contribution >= 0.6 is 11.8 Å². The molecule has 0 heterocycles. The smallest absolute Gasteiger partial charge is 0.186 e. The Kier molecular flexibility index (Phi) is 5.26. The highest BCUT2D eigenvalue weighted by atomic mass is 32.2. The first-order valence-corrected chi connectivity index (χ1v) is 7.45. The monoisotopic (exact) mass is 264 g/mol. The van der Waals surface area contributed by atoms with E-state index in [1.54, 1.807) is 6.92 Å². The van der Waals surface area contributed by atoms with Crippen molar-refractivity contribution in [3.63, 3.8) is 0 Å². The maximum atomic E-state index is 11.0. The number of thioether (sulfide) groups is 1. The van der Waals surface area contributed by atoms with E-state index in [0.717, 1.165) is 25.7 Å². The average Bonchev–Trinajstić information content (AvgIpc) is 2.38. The number of benzene rings is 1. The molecule has 3 heteroatoms. The van der Waals surface area contributed by atoms with Gasteiger partial charge in [0.25, 0.3) is 0 Å². The third-order valence-corrected chi connectivity index (χ3v) is 4.42. The van der Waals surface area contributed by atoms with Gasteiger partial charge in [-0.3, -0.25) is 4.79 Å². The third kappa shape index (κ3) is 4.46. The zero-order valence-electron chi connectivity index (χ0n) is 10.8. The average molecular weight is 264 g/mol. The van der Waals surface area contributed by atoms with Crippen LogP contribution < -0.4 is 0 Å². The first kappa shape index (κ1) is 13.6. The summed E-state index contributed by atoms with van der Waals surface area (Å²) in [5.41, 5.74) is 1.23. The molecule has 0 aliphatic heterocycles. The van der Waals surface area contributed by atoms with E-state index in [9.17, 15) is 4.79 Å². The molecule has 0 unspecified atom stereocenters. The molecule has 2 nitrogen and oxygen atoms in total. The molecule has 2 rings (SSSR count). The number of hydrogen-bond acceptors (Lipinski definition) is 3. The highest BCUT2D eigenvalue weighted by Crippen LogP contribution is 2.30. The molecule has 0 saturated heterocycles. The predicted molar refractivity (Wildman–Crippen MR) is 75.5 cm³/mol. The summed E-state index contributed by atoms with van der Waals surface area (Å²) in [4.78, 5) is 11.0. The molecule has 0 bridgehead atoms. The van der Waals surface area contributed by atoms with Crippen LogP contribution in [0.3, 0.4) is 0 Å². The van der Waals surface area contributed by atoms with Gasteiger partial charge in [-0.05, 0) is 31.2 Å². The molecule has 1 aliphatic carbocycles. The Morgan fingerprint density at radius 3 is 2.50 bits per heavy atom. The van der Waals surface area contributed by atoms with Crippen LogP contribution in [0.2, 0.25) is 0 Å². The zero-order valence-corrected chi connectivity index (χ0v) is 11.6. The van der Waals surface area contributed by atoms with Gasteiger partial charge in [0.05, 0.1) is 12.7 Å². The fourth-order valence-corrected chi connectivity index (χ4v) is 3.32. The number of hydrogen-bond donors (Lipinski definition) is 0. The van der Waals surface area contributed by atoms with Gasteiger partial charge < -0.3 is 4.74 Å². The second-order valence-electron chi connectivity index (χ2n) is 4.80. The molecule has 0 atom stereocenters. The van der Waals surface area contributed by atoms with Gasteiger partial charge in [-0.15, -0.1) is 0 Å². The lowest BCUT2D eigenvalue weighted by Crippen LogP contribution is -2.23. The number of rotatable bonds is 4. The van der Waals surface area contributed by atoms with Gasteiger partial charge in [0.2, 0.25) is 0 Å². The lowest BCUT2D eigenvalue weighted by molar-refractivity contribution is -0.109. The summed E-state index contributed by atoms with van der Waals surface area (Å²) in [6.07, 6.45) is 4.73. The van der Waals surface area contributed by atoms with E-state index in [1.165, 1.54) is 17.3 Å². The molecule has 0 aromatic heterocycles. The fraction of sp³-hybridized carbons (Fsp3) is 0.533. The van der Waals surface area contributed by atoms with Crippen molar-refractivity contribution in [3.05, 3.63) is 35.9 Å². The molecule has 0 N–H and O–H groups in total. The first-order valence-electron chi connectivity index (χ1n) is 6.57. The summed E-state index contributed by atoms with van der Waals surface area (Å²) in [5.74, 6) is 0. The Bertz CT molecular complexity index is 369. The van der Waals surface area contributed by atoms with Crippen LogP contribution in [0.5, 0.6) is 0 Å². The Morgan fingerprint density at radius 2 is 1.89 bits per heavy atom. The van der Waals surface area contributed by atoms with Crippen molar-refractivity contribution in [1.82, 2.24) is 0 Å². The van der Waals surface area contributed by atoms with E-state index in [-0.39, 0.29) is 5.12 Å². The quantitative estimate of drug-likeness (QED) is 0.827. The van der Waals surface area contributed by atoms with Crippen LogP contribution in [-0.4, -0.2) is 16.5 Å². The largest absolute Gasteiger partial charge is 0.374 e. The third-order valence-electron chi connectivity index (χ3n) is 3.28. The molecular weight excluding hydrogens is 244 g/mol. The van der Waals surface area contributed by atoms with Crippen molar-refractivity contribution in [3.8, 4) is 0 Å². The molecule has 0 radical (unpaired) electrons. The van der Waals surface area contributed by atoms with E-state index in [2.05, 4.69) is 12.1 Å². The summed E-state index contributed by atoms with van der Waals surface area (Å²) in [7, 11) is 0. The minimum atomic E-state index is 0.239. The Hall–Kier alpha value is -0.800. The Labute approximate surface area is 113 Å². The molecule has 1 saturated carbocycles. The molecule has 0 spiro atoms. The number of carbonyl (C=O) groups is 1. The van der Waals surface area contributed by atoms with E-state index >= 15 is 0 Å². The number of ether oxygens (including phenoxy) is 1. The molecule has 98 valence electrons. The standard InChI is InChI=1S/C15H20O2S/c1-12(16)18-15-9-7-14(8-10-15)17-11-13-5-3-2-4-6-13/h2-6,14-15H,7-11H2,1H3. The molecule has 1 aromatic carbocycles. The lowest BCUT2D eigenvalue weighted by atomic mass is 9.97. The summed E-state index contributed by atoms with van der Waals surface area (Å²) in [5, 5.41) is 0.753. The Morgan fingerprint density at radius 1 is 1.22 bits per heavy atom. The maximum absolute atomic E-state index is 11.0. The van der Waals surface area contributed by atoms with Gasteiger partial charge >= 0.3 is 0 Å². The summed E-state index contributed by atoms with van der Waals surface area (Å²) in [6, 6.07) is 10.3. The van der Waals surface area contributed by atoms with Gasteiger partial charge in [0.15, 0.2) is 5.12 Å². The predicted octanol–water partition coefficient (Wildman–Crippen LogP) is 3.79. The van der Waals surface area contributed by atoms with Crippen LogP contribution in [0.15, 0.2) is 30.3 Å². The highest BCUT2D eigenvalue weighted by molar-refractivity contribution is 8.14. The maximum Gasteiger partial charge on any atom is 0.186 e. The normalized spacial score (nSPS) is 23.8. The summed E-state index contributed by atoms with van der Waals surface area (Å²) >= 11 is 1.50. The van der Waals surface area contributed by atoms with E-state index in [1.807, 2.05) is 18.2 Å². The van der Waals surface area contributed by atoms with Crippen molar-refractivity contribution in [2.45, 2.75) is 50.6 Å². The SMILES string of the molecule is CC(=O)SC1CCC(OCc2ccccc2)CC1. The van der Waals surface area contributed by atoms with Gasteiger partial charge in [0.1, 0.15) is 0 Å². The first-order chi connectivity index (χ1) is 8.74. The van der Waals surface area contributed by atoms with Gasteiger partial charge in [-0.1, -0.05) is 42.1 Å². The van der Waals surface area contributed by atoms with Crippen molar-refractivity contribution in [2.75, 3.05) is 0 Å². The topological polar surface area (TPSA) is 26.3 Å². The summed E-state index contributed by atoms with van der Waals surface area (Å²) in [6.45, 7) is 2.36. The van der Waals surface area contributed by atoms with Crippen molar-refractivity contribution < 1.29 is 9.53 Å². The summed E-state index contributed by atoms with van der Waals surface area (Å²) < 4.78 is 5.93. The molecular formula is C15H20O2S. The Balaban J connectivity index is 1.69. The van der Waals surface area contributed by atoms with Crippen molar-refractivity contribution >= 4 is 16.9 Å². The van der Waals surface area contributed by atoms with Gasteiger partial charge in [-0.25, -0.2) is 0 Å². The van der Waals surface area contributed by atoms with Crippen LogP contribution in [0.1, 0.15) is 38.2 Å². The highest BCUT2D eigenvalue weighted by Gasteiger charge is 2.22. The molecule has 0 amide bonds. The van der Waals surface area contributed by atoms with Crippen molar-refractivity contribution in [1.29, 1.82) is 0 Å². The van der Waals surface area contributed by atoms with Crippen LogP contribution in [-0.2, 0) is 16.1 Å². The van der Waals surface area contributed by atoms with E-state index in [4.69, 9.17) is 4.74 Å².